The number of ether oxygens (including phenoxy) is 2. The van der Waals surface area contributed by atoms with Crippen LogP contribution in [0.2, 0.25) is 0 Å². The first-order chi connectivity index (χ1) is 17.7. The molecule has 0 fully saturated rings. The number of methoxy groups -OCH3 is 2. The Morgan fingerprint density at radius 2 is 1.59 bits per heavy atom. The van der Waals surface area contributed by atoms with Gasteiger partial charge in [0.2, 0.25) is 0 Å². The average molecular weight is 502 g/mol. The fourth-order valence-corrected chi connectivity index (χ4v) is 4.45. The van der Waals surface area contributed by atoms with Crippen LogP contribution in [0.5, 0.6) is 11.5 Å². The molecule has 4 aromatic carbocycles. The van der Waals surface area contributed by atoms with Crippen LogP contribution < -0.4 is 15.2 Å². The number of aryl methyl sites for hydroxylation is 3. The number of carboxylic acid groups (broad SMARTS) is 1. The number of hydrogen-bond donors (Lipinski definition) is 2. The van der Waals surface area contributed by atoms with Crippen LogP contribution in [0.4, 0.5) is 4.39 Å². The van der Waals surface area contributed by atoms with Gasteiger partial charge in [0, 0.05) is 17.7 Å². The van der Waals surface area contributed by atoms with Crippen molar-refractivity contribution in [3.63, 3.8) is 0 Å². The fourth-order valence-electron chi connectivity index (χ4n) is 4.45. The first-order valence-corrected chi connectivity index (χ1v) is 11.8. The van der Waals surface area contributed by atoms with E-state index in [0.717, 1.165) is 50.1 Å². The molecule has 0 saturated heterocycles. The summed E-state index contributed by atoms with van der Waals surface area (Å²) in [7, 11) is 3.31. The van der Waals surface area contributed by atoms with Crippen molar-refractivity contribution in [2.75, 3.05) is 14.2 Å². The van der Waals surface area contributed by atoms with Crippen LogP contribution in [0.15, 0.2) is 73.3 Å². The van der Waals surface area contributed by atoms with Crippen molar-refractivity contribution < 1.29 is 23.8 Å². The lowest BCUT2D eigenvalue weighted by atomic mass is 9.92. The minimum absolute atomic E-state index is 0.112. The Kier molecular flexibility index (Phi) is 8.90. The van der Waals surface area contributed by atoms with E-state index in [9.17, 15) is 9.18 Å². The summed E-state index contributed by atoms with van der Waals surface area (Å²) >= 11 is 0. The molecule has 0 aromatic heterocycles. The van der Waals surface area contributed by atoms with Gasteiger partial charge in [-0.25, -0.2) is 4.39 Å². The summed E-state index contributed by atoms with van der Waals surface area (Å²) in [4.78, 5) is 11.0. The predicted octanol–water partition coefficient (Wildman–Crippen LogP) is 6.91. The van der Waals surface area contributed by atoms with Crippen LogP contribution in [-0.4, -0.2) is 25.3 Å². The Bertz CT molecular complexity index is 1420. The molecular weight excluding hydrogens is 469 g/mol. The van der Waals surface area contributed by atoms with Crippen molar-refractivity contribution in [2.24, 2.45) is 5.73 Å². The van der Waals surface area contributed by atoms with Gasteiger partial charge in [0.05, 0.1) is 19.8 Å². The molecule has 192 valence electrons. The molecule has 4 rings (SSSR count). The van der Waals surface area contributed by atoms with Crippen molar-refractivity contribution in [3.05, 3.63) is 101 Å². The highest BCUT2D eigenvalue weighted by Gasteiger charge is 2.18. The van der Waals surface area contributed by atoms with Gasteiger partial charge < -0.3 is 20.3 Å². The molecule has 5 nitrogen and oxygen atoms in total. The molecule has 0 aliphatic carbocycles. The fraction of sp³-hybridized carbons (Fsp3) is 0.194. The second kappa shape index (κ2) is 12.1. The van der Waals surface area contributed by atoms with E-state index in [-0.39, 0.29) is 17.9 Å². The zero-order valence-electron chi connectivity index (χ0n) is 21.6. The van der Waals surface area contributed by atoms with E-state index in [1.165, 1.54) is 6.07 Å². The van der Waals surface area contributed by atoms with Gasteiger partial charge >= 0.3 is 5.97 Å². The van der Waals surface area contributed by atoms with Gasteiger partial charge in [0.25, 0.3) is 0 Å². The highest BCUT2D eigenvalue weighted by atomic mass is 19.1. The number of rotatable bonds is 7. The van der Waals surface area contributed by atoms with Crippen molar-refractivity contribution in [3.8, 4) is 22.6 Å². The molecule has 37 heavy (non-hydrogen) atoms. The number of carboxylic acids is 1. The lowest BCUT2D eigenvalue weighted by Crippen LogP contribution is -1.99. The molecule has 0 unspecified atom stereocenters. The van der Waals surface area contributed by atoms with E-state index < -0.39 is 5.97 Å². The smallest absolute Gasteiger partial charge is 0.303 e. The Morgan fingerprint density at radius 3 is 2.19 bits per heavy atom. The number of halogens is 1. The van der Waals surface area contributed by atoms with Gasteiger partial charge in [-0.05, 0) is 65.4 Å². The molecule has 6 heteroatoms. The standard InChI is InChI=1S/C22H22O4.C9H10FN/c1-14-10-12-19(25-2)21(22(14)26-3)18-9-5-7-16-15(11-13-20(23)24)6-4-8-17(16)18;1-6-4-3-5-8(10)9(6)7(2)11/h4-10,12H,11,13H2,1-3H3,(H,23,24);3-5H,2,11H2,1H3. The summed E-state index contributed by atoms with van der Waals surface area (Å²) in [6.07, 6.45) is 0.610. The number of carbonyl (C=O) groups is 1. The van der Waals surface area contributed by atoms with Gasteiger partial charge in [-0.1, -0.05) is 61.2 Å². The van der Waals surface area contributed by atoms with Gasteiger partial charge in [-0.15, -0.1) is 0 Å². The minimum atomic E-state index is -0.791. The SMILES string of the molecule is C=C(N)c1c(C)cccc1F.COc1ccc(C)c(OC)c1-c1cccc2c(CCC(=O)O)cccc12. The Hall–Kier alpha value is -4.32. The summed E-state index contributed by atoms with van der Waals surface area (Å²) in [6, 6.07) is 20.8. The maximum Gasteiger partial charge on any atom is 0.303 e. The Morgan fingerprint density at radius 1 is 0.919 bits per heavy atom. The molecule has 0 amide bonds. The molecule has 0 bridgehead atoms. The molecule has 3 N–H and O–H groups in total. The van der Waals surface area contributed by atoms with E-state index in [4.69, 9.17) is 20.3 Å². The largest absolute Gasteiger partial charge is 0.496 e. The topological polar surface area (TPSA) is 81.8 Å². The normalized spacial score (nSPS) is 10.4. The van der Waals surface area contributed by atoms with Crippen LogP contribution in [0.1, 0.15) is 28.7 Å². The molecule has 0 radical (unpaired) electrons. The molecular formula is C31H32FNO4. The molecule has 0 aliphatic rings. The van der Waals surface area contributed by atoms with E-state index in [1.807, 2.05) is 49.4 Å². The van der Waals surface area contributed by atoms with E-state index in [2.05, 4.69) is 12.6 Å². The molecule has 0 heterocycles. The molecule has 4 aromatic rings. The summed E-state index contributed by atoms with van der Waals surface area (Å²) in [5, 5.41) is 11.1. The Balaban J connectivity index is 0.000000289. The second-order valence-corrected chi connectivity index (χ2v) is 8.66. The maximum absolute atomic E-state index is 13.0. The minimum Gasteiger partial charge on any atom is -0.496 e. The van der Waals surface area contributed by atoms with Crippen LogP contribution in [0.25, 0.3) is 27.6 Å². The monoisotopic (exact) mass is 501 g/mol. The summed E-state index contributed by atoms with van der Waals surface area (Å²) in [6.45, 7) is 7.29. The van der Waals surface area contributed by atoms with Gasteiger partial charge in [-0.2, -0.15) is 0 Å². The third kappa shape index (κ3) is 6.09. The summed E-state index contributed by atoms with van der Waals surface area (Å²) in [5.41, 5.74) is 10.9. The third-order valence-corrected chi connectivity index (χ3v) is 6.17. The molecule has 0 aliphatic heterocycles. The number of fused-ring (bicyclic) bond motifs is 1. The van der Waals surface area contributed by atoms with Crippen molar-refractivity contribution in [2.45, 2.75) is 26.7 Å². The lowest BCUT2D eigenvalue weighted by Gasteiger charge is -2.18. The highest BCUT2D eigenvalue weighted by molar-refractivity contribution is 6.01. The molecule has 0 saturated carbocycles. The number of hydrogen-bond acceptors (Lipinski definition) is 4. The predicted molar refractivity (Wildman–Crippen MR) is 148 cm³/mol. The number of nitrogens with two attached hydrogens (primary N) is 1. The van der Waals surface area contributed by atoms with Crippen LogP contribution >= 0.6 is 0 Å². The lowest BCUT2D eigenvalue weighted by molar-refractivity contribution is -0.136. The maximum atomic E-state index is 13.0. The van der Waals surface area contributed by atoms with Crippen molar-refractivity contribution >= 4 is 22.4 Å². The van der Waals surface area contributed by atoms with Gasteiger partial charge in [0.15, 0.2) is 0 Å². The van der Waals surface area contributed by atoms with Crippen LogP contribution in [0.3, 0.4) is 0 Å². The molecule has 0 spiro atoms. The number of benzene rings is 4. The first-order valence-electron chi connectivity index (χ1n) is 11.8. The molecule has 0 atom stereocenters. The van der Waals surface area contributed by atoms with E-state index in [1.54, 1.807) is 33.3 Å². The van der Waals surface area contributed by atoms with Crippen LogP contribution in [-0.2, 0) is 11.2 Å². The van der Waals surface area contributed by atoms with Gasteiger partial charge in [0.1, 0.15) is 17.3 Å². The quantitative estimate of drug-likeness (QED) is 0.287. The zero-order valence-corrected chi connectivity index (χ0v) is 21.6. The van der Waals surface area contributed by atoms with E-state index >= 15 is 0 Å². The first kappa shape index (κ1) is 27.3. The zero-order chi connectivity index (χ0) is 27.1. The highest BCUT2D eigenvalue weighted by Crippen LogP contribution is 2.43. The van der Waals surface area contributed by atoms with Crippen molar-refractivity contribution in [1.82, 2.24) is 0 Å². The van der Waals surface area contributed by atoms with E-state index in [0.29, 0.717) is 12.0 Å². The second-order valence-electron chi connectivity index (χ2n) is 8.66. The third-order valence-electron chi connectivity index (χ3n) is 6.17. The Labute approximate surface area is 217 Å². The van der Waals surface area contributed by atoms with Crippen molar-refractivity contribution in [1.29, 1.82) is 0 Å². The van der Waals surface area contributed by atoms with Gasteiger partial charge in [-0.3, -0.25) is 4.79 Å². The average Bonchev–Trinajstić information content (AvgIpc) is 2.87. The van der Waals surface area contributed by atoms with Crippen LogP contribution in [0, 0.1) is 19.7 Å². The summed E-state index contributed by atoms with van der Waals surface area (Å²) in [5.74, 6) is 0.432. The number of aliphatic carboxylic acids is 1. The summed E-state index contributed by atoms with van der Waals surface area (Å²) < 4.78 is 24.2.